The van der Waals surface area contributed by atoms with Crippen LogP contribution in [0.4, 0.5) is 5.82 Å². The Morgan fingerprint density at radius 3 is 2.42 bits per heavy atom. The molecule has 1 fully saturated rings. The van der Waals surface area contributed by atoms with E-state index in [1.165, 1.54) is 6.20 Å². The number of allylic oxidation sites excluding steroid dienone is 1. The van der Waals surface area contributed by atoms with Crippen LogP contribution < -0.4 is 10.6 Å². The SMILES string of the molecule is C#CCCC(=O)N1C(C)(C)CC(N(C)c2ccc(-c3ccc(/C(C=N)=C/N)cc3O)nn2)CC1(C)C. The van der Waals surface area contributed by atoms with Crippen molar-refractivity contribution in [3.05, 3.63) is 42.1 Å². The van der Waals surface area contributed by atoms with E-state index in [0.29, 0.717) is 35.2 Å². The predicted octanol–water partition coefficient (Wildman–Crippen LogP) is 4.20. The summed E-state index contributed by atoms with van der Waals surface area (Å²) in [5, 5.41) is 26.8. The van der Waals surface area contributed by atoms with Crippen molar-refractivity contribution in [3.63, 3.8) is 0 Å². The minimum atomic E-state index is -0.347. The van der Waals surface area contributed by atoms with Crippen molar-refractivity contribution in [2.45, 2.75) is 70.5 Å². The fraction of sp³-hybridized carbons (Fsp3) is 0.429. The molecule has 3 rings (SSSR count). The van der Waals surface area contributed by atoms with Crippen LogP contribution >= 0.6 is 0 Å². The van der Waals surface area contributed by atoms with Crippen LogP contribution in [0.1, 0.15) is 58.9 Å². The van der Waals surface area contributed by atoms with Gasteiger partial charge in [-0.3, -0.25) is 4.79 Å². The molecule has 1 saturated heterocycles. The second-order valence-corrected chi connectivity index (χ2v) is 10.5. The lowest BCUT2D eigenvalue weighted by molar-refractivity contribution is -0.149. The van der Waals surface area contributed by atoms with Gasteiger partial charge in [-0.05, 0) is 70.4 Å². The molecule has 2 aromatic rings. The smallest absolute Gasteiger partial charge is 0.224 e. The molecule has 1 amide bonds. The molecule has 0 saturated carbocycles. The molecular formula is C28H36N6O2. The normalized spacial score (nSPS) is 17.3. The number of likely N-dealkylation sites (tertiary alicyclic amines) is 1. The Balaban J connectivity index is 1.80. The number of nitrogens with one attached hydrogen (secondary N) is 1. The minimum absolute atomic E-state index is 0.0366. The largest absolute Gasteiger partial charge is 0.507 e. The molecule has 1 aliphatic rings. The molecule has 2 heterocycles. The van der Waals surface area contributed by atoms with Crippen molar-refractivity contribution < 1.29 is 9.90 Å². The number of hydrogen-bond donors (Lipinski definition) is 3. The molecular weight excluding hydrogens is 452 g/mol. The number of hydrogen-bond acceptors (Lipinski definition) is 7. The molecule has 4 N–H and O–H groups in total. The third-order valence-electron chi connectivity index (χ3n) is 6.92. The zero-order chi connectivity index (χ0) is 26.7. The van der Waals surface area contributed by atoms with E-state index in [1.807, 2.05) is 24.1 Å². The summed E-state index contributed by atoms with van der Waals surface area (Å²) >= 11 is 0. The van der Waals surface area contributed by atoms with E-state index in [2.05, 4.69) is 48.7 Å². The first-order valence-electron chi connectivity index (χ1n) is 12.0. The Bertz CT molecular complexity index is 1180. The van der Waals surface area contributed by atoms with Crippen LogP contribution in [0, 0.1) is 17.8 Å². The number of terminal acetylenes is 1. The van der Waals surface area contributed by atoms with E-state index < -0.39 is 0 Å². The number of carbonyl (C=O) groups is 1. The molecule has 190 valence electrons. The average Bonchev–Trinajstić information content (AvgIpc) is 2.81. The molecule has 0 bridgehead atoms. The van der Waals surface area contributed by atoms with Crippen LogP contribution in [0.5, 0.6) is 5.75 Å². The lowest BCUT2D eigenvalue weighted by Crippen LogP contribution is -2.65. The molecule has 36 heavy (non-hydrogen) atoms. The van der Waals surface area contributed by atoms with Gasteiger partial charge in [0.05, 0.1) is 5.69 Å². The Hall–Kier alpha value is -3.86. The second kappa shape index (κ2) is 10.4. The van der Waals surface area contributed by atoms with Gasteiger partial charge >= 0.3 is 0 Å². The predicted molar refractivity (Wildman–Crippen MR) is 145 cm³/mol. The minimum Gasteiger partial charge on any atom is -0.507 e. The van der Waals surface area contributed by atoms with Gasteiger partial charge in [0.1, 0.15) is 5.75 Å². The van der Waals surface area contributed by atoms with Crippen molar-refractivity contribution in [3.8, 4) is 29.4 Å². The van der Waals surface area contributed by atoms with E-state index in [4.69, 9.17) is 17.6 Å². The topological polar surface area (TPSA) is 119 Å². The number of carbonyl (C=O) groups excluding carboxylic acids is 1. The maximum absolute atomic E-state index is 13.0. The number of phenolic OH excluding ortho intramolecular Hbond substituents is 1. The van der Waals surface area contributed by atoms with E-state index in [9.17, 15) is 9.90 Å². The number of rotatable bonds is 7. The highest BCUT2D eigenvalue weighted by Gasteiger charge is 2.48. The Morgan fingerprint density at radius 1 is 1.25 bits per heavy atom. The lowest BCUT2D eigenvalue weighted by atomic mass is 9.76. The standard InChI is InChI=1S/C28H36N6O2/c1-7-8-9-26(36)34-27(2,3)15-21(16-28(34,4)5)33(6)25-13-12-23(31-32-25)22-11-10-19(14-24(22)35)20(17-29)18-30/h1,10-14,17-18,21,29,35H,8-9,15-16,30H2,2-6H3/b20-18+,29-17?. The van der Waals surface area contributed by atoms with Crippen LogP contribution in [0.3, 0.4) is 0 Å². The molecule has 0 spiro atoms. The van der Waals surface area contributed by atoms with Crippen molar-refractivity contribution in [1.29, 1.82) is 5.41 Å². The van der Waals surface area contributed by atoms with Gasteiger partial charge in [-0.2, -0.15) is 0 Å². The van der Waals surface area contributed by atoms with Gasteiger partial charge < -0.3 is 26.0 Å². The lowest BCUT2D eigenvalue weighted by Gasteiger charge is -2.56. The third kappa shape index (κ3) is 5.35. The first kappa shape index (κ1) is 26.7. The summed E-state index contributed by atoms with van der Waals surface area (Å²) in [5.41, 5.74) is 7.09. The molecule has 0 unspecified atom stereocenters. The van der Waals surface area contributed by atoms with Crippen molar-refractivity contribution in [2.75, 3.05) is 11.9 Å². The number of piperidine rings is 1. The molecule has 0 radical (unpaired) electrons. The number of amides is 1. The summed E-state index contributed by atoms with van der Waals surface area (Å²) < 4.78 is 0. The summed E-state index contributed by atoms with van der Waals surface area (Å²) in [6.45, 7) is 8.42. The molecule has 1 aromatic carbocycles. The van der Waals surface area contributed by atoms with Gasteiger partial charge in [-0.15, -0.1) is 22.5 Å². The molecule has 1 aromatic heterocycles. The van der Waals surface area contributed by atoms with Gasteiger partial charge in [0.25, 0.3) is 0 Å². The number of nitrogens with zero attached hydrogens (tertiary/aromatic N) is 4. The number of aromatic hydroxyl groups is 1. The van der Waals surface area contributed by atoms with E-state index in [-0.39, 0.29) is 28.8 Å². The number of nitrogens with two attached hydrogens (primary N) is 1. The Morgan fingerprint density at radius 2 is 1.92 bits per heavy atom. The average molecular weight is 489 g/mol. The highest BCUT2D eigenvalue weighted by Crippen LogP contribution is 2.41. The second-order valence-electron chi connectivity index (χ2n) is 10.5. The van der Waals surface area contributed by atoms with Crippen molar-refractivity contribution in [1.82, 2.24) is 15.1 Å². The van der Waals surface area contributed by atoms with Crippen molar-refractivity contribution in [2.24, 2.45) is 5.73 Å². The highest BCUT2D eigenvalue weighted by molar-refractivity contribution is 6.08. The quantitative estimate of drug-likeness (QED) is 0.397. The van der Waals surface area contributed by atoms with Crippen LogP contribution in [-0.2, 0) is 4.79 Å². The van der Waals surface area contributed by atoms with Gasteiger partial charge in [0.2, 0.25) is 5.91 Å². The Kier molecular flexibility index (Phi) is 7.73. The van der Waals surface area contributed by atoms with E-state index in [1.54, 1.807) is 18.2 Å². The molecule has 8 heteroatoms. The third-order valence-corrected chi connectivity index (χ3v) is 6.92. The fourth-order valence-corrected chi connectivity index (χ4v) is 5.47. The summed E-state index contributed by atoms with van der Waals surface area (Å²) in [4.78, 5) is 17.1. The number of aromatic nitrogens is 2. The molecule has 8 nitrogen and oxygen atoms in total. The molecule has 1 aliphatic heterocycles. The van der Waals surface area contributed by atoms with Crippen molar-refractivity contribution >= 4 is 23.5 Å². The summed E-state index contributed by atoms with van der Waals surface area (Å²) in [5.74, 6) is 3.42. The number of anilines is 1. The number of phenols is 1. The molecule has 0 aliphatic carbocycles. The summed E-state index contributed by atoms with van der Waals surface area (Å²) in [6.07, 6.45) is 10.2. The van der Waals surface area contributed by atoms with Crippen LogP contribution in [0.25, 0.3) is 16.8 Å². The van der Waals surface area contributed by atoms with Gasteiger partial charge in [-0.1, -0.05) is 6.07 Å². The van der Waals surface area contributed by atoms with E-state index >= 15 is 0 Å². The summed E-state index contributed by atoms with van der Waals surface area (Å²) in [7, 11) is 2.00. The molecule has 0 atom stereocenters. The zero-order valence-electron chi connectivity index (χ0n) is 21.7. The summed E-state index contributed by atoms with van der Waals surface area (Å²) in [6, 6.07) is 8.96. The number of benzene rings is 1. The Labute approximate surface area is 213 Å². The first-order valence-corrected chi connectivity index (χ1v) is 12.0. The highest BCUT2D eigenvalue weighted by atomic mass is 16.3. The van der Waals surface area contributed by atoms with E-state index in [0.717, 1.165) is 24.9 Å². The maximum atomic E-state index is 13.0. The zero-order valence-corrected chi connectivity index (χ0v) is 21.7. The fourth-order valence-electron chi connectivity index (χ4n) is 5.47. The monoisotopic (exact) mass is 488 g/mol. The van der Waals surface area contributed by atoms with Crippen LogP contribution in [-0.4, -0.2) is 56.5 Å². The van der Waals surface area contributed by atoms with Gasteiger partial charge in [0, 0.05) is 60.6 Å². The van der Waals surface area contributed by atoms with Crippen LogP contribution in [0.15, 0.2) is 36.5 Å². The van der Waals surface area contributed by atoms with Gasteiger partial charge in [-0.25, -0.2) is 0 Å². The van der Waals surface area contributed by atoms with Gasteiger partial charge in [0.15, 0.2) is 5.82 Å². The van der Waals surface area contributed by atoms with Crippen LogP contribution in [0.2, 0.25) is 0 Å². The maximum Gasteiger partial charge on any atom is 0.224 e. The first-order chi connectivity index (χ1) is 16.9.